The number of hydrogen-bond donors (Lipinski definition) is 0. The molecule has 0 aliphatic carbocycles. The van der Waals surface area contributed by atoms with E-state index >= 15 is 0 Å². The molecule has 0 saturated carbocycles. The zero-order valence-corrected chi connectivity index (χ0v) is 18.5. The number of hydrogen-bond acceptors (Lipinski definition) is 7. The monoisotopic (exact) mass is 449 g/mol. The van der Waals surface area contributed by atoms with Crippen LogP contribution >= 0.6 is 11.6 Å². The molecule has 2 atom stereocenters. The van der Waals surface area contributed by atoms with E-state index in [0.717, 1.165) is 21.6 Å². The minimum absolute atomic E-state index is 0.202. The van der Waals surface area contributed by atoms with E-state index in [2.05, 4.69) is 15.3 Å². The second-order valence-corrected chi connectivity index (χ2v) is 8.43. The summed E-state index contributed by atoms with van der Waals surface area (Å²) in [5, 5.41) is 10.2. The lowest BCUT2D eigenvalue weighted by Gasteiger charge is -2.20. The molecule has 0 N–H and O–H groups in total. The van der Waals surface area contributed by atoms with Crippen LogP contribution in [-0.4, -0.2) is 33.9 Å². The van der Waals surface area contributed by atoms with Crippen molar-refractivity contribution in [3.8, 4) is 11.5 Å². The molecule has 2 unspecified atom stereocenters. The van der Waals surface area contributed by atoms with Crippen LogP contribution in [0.2, 0.25) is 5.02 Å². The second kappa shape index (κ2) is 7.56. The summed E-state index contributed by atoms with van der Waals surface area (Å²) in [6.07, 6.45) is 0. The number of nitrogens with zero attached hydrogens (tertiary/aromatic N) is 5. The molecule has 1 fully saturated rings. The van der Waals surface area contributed by atoms with Crippen molar-refractivity contribution in [1.29, 1.82) is 0 Å². The lowest BCUT2D eigenvalue weighted by Crippen LogP contribution is -2.39. The lowest BCUT2D eigenvalue weighted by atomic mass is 10.1. The highest BCUT2D eigenvalue weighted by atomic mass is 35.5. The van der Waals surface area contributed by atoms with E-state index in [0.29, 0.717) is 28.1 Å². The van der Waals surface area contributed by atoms with Gasteiger partial charge in [-0.2, -0.15) is 5.11 Å². The normalized spacial score (nSPS) is 19.9. The van der Waals surface area contributed by atoms with Gasteiger partial charge in [0.25, 0.3) is 11.8 Å². The van der Waals surface area contributed by atoms with Crippen LogP contribution in [0.4, 0.5) is 5.69 Å². The topological polar surface area (TPSA) is 91.4 Å². The molecule has 32 heavy (non-hydrogen) atoms. The molecule has 162 valence electrons. The predicted molar refractivity (Wildman–Crippen MR) is 118 cm³/mol. The first-order chi connectivity index (χ1) is 15.3. The molecule has 0 bridgehead atoms. The van der Waals surface area contributed by atoms with Gasteiger partial charge in [0.2, 0.25) is 5.89 Å². The van der Waals surface area contributed by atoms with Gasteiger partial charge >= 0.3 is 0 Å². The van der Waals surface area contributed by atoms with Gasteiger partial charge in [-0.3, -0.25) is 14.6 Å². The van der Waals surface area contributed by atoms with Crippen LogP contribution in [0.15, 0.2) is 57.2 Å². The fraction of sp³-hybridized carbons (Fsp3) is 0.261. The molecular weight excluding hydrogens is 430 g/mol. The van der Waals surface area contributed by atoms with Crippen molar-refractivity contribution in [2.24, 2.45) is 10.3 Å². The zero-order chi connectivity index (χ0) is 22.6. The van der Waals surface area contributed by atoms with E-state index in [1.165, 1.54) is 5.01 Å². The van der Waals surface area contributed by atoms with Crippen LogP contribution in [0.1, 0.15) is 22.6 Å². The Labute approximate surface area is 189 Å². The Kier molecular flexibility index (Phi) is 4.82. The fourth-order valence-electron chi connectivity index (χ4n) is 3.88. The Balaban J connectivity index is 1.39. The van der Waals surface area contributed by atoms with Gasteiger partial charge in [-0.25, -0.2) is 9.88 Å². The van der Waals surface area contributed by atoms with Crippen LogP contribution < -0.4 is 4.90 Å². The van der Waals surface area contributed by atoms with Crippen LogP contribution in [0.25, 0.3) is 11.5 Å². The van der Waals surface area contributed by atoms with Crippen LogP contribution in [0.5, 0.6) is 0 Å². The summed E-state index contributed by atoms with van der Waals surface area (Å²) in [4.78, 5) is 31.8. The van der Waals surface area contributed by atoms with E-state index in [9.17, 15) is 9.59 Å². The molecule has 1 aromatic heterocycles. The molecule has 2 aromatic carbocycles. The maximum atomic E-state index is 13.2. The molecule has 0 spiro atoms. The number of amides is 2. The quantitative estimate of drug-likeness (QED) is 0.550. The largest absolute Gasteiger partial charge is 0.441 e. The van der Waals surface area contributed by atoms with Gasteiger partial charge in [-0.15, -0.1) is 0 Å². The zero-order valence-electron chi connectivity index (χ0n) is 17.7. The van der Waals surface area contributed by atoms with E-state index < -0.39 is 18.0 Å². The first-order valence-corrected chi connectivity index (χ1v) is 10.6. The van der Waals surface area contributed by atoms with Gasteiger partial charge in [0.15, 0.2) is 12.1 Å². The number of anilines is 1. The van der Waals surface area contributed by atoms with E-state index in [4.69, 9.17) is 16.0 Å². The molecule has 0 radical (unpaired) electrons. The highest BCUT2D eigenvalue weighted by Crippen LogP contribution is 2.34. The molecule has 5 rings (SSSR count). The number of halogens is 1. The maximum Gasteiger partial charge on any atom is 0.263 e. The Morgan fingerprint density at radius 1 is 1.03 bits per heavy atom. The molecule has 9 heteroatoms. The van der Waals surface area contributed by atoms with Gasteiger partial charge in [0.1, 0.15) is 11.5 Å². The smallest absolute Gasteiger partial charge is 0.263 e. The first kappa shape index (κ1) is 20.4. The number of oxazole rings is 1. The van der Waals surface area contributed by atoms with Crippen molar-refractivity contribution in [3.05, 3.63) is 70.1 Å². The molecule has 2 amide bonds. The number of rotatable bonds is 4. The summed E-state index contributed by atoms with van der Waals surface area (Å²) >= 11 is 6.20. The molecule has 8 nitrogen and oxygen atoms in total. The summed E-state index contributed by atoms with van der Waals surface area (Å²) in [5.41, 5.74) is 3.93. The SMILES string of the molecule is Cc1ccc(-c2nc(CN3N=NC4C(=O)N(c5ccc(C)c(Cl)c5)C(=O)C43)c(C)o2)cc1. The van der Waals surface area contributed by atoms with E-state index in [1.807, 2.05) is 45.0 Å². The number of carbonyl (C=O) groups is 2. The number of aromatic nitrogens is 1. The van der Waals surface area contributed by atoms with Crippen LogP contribution in [0.3, 0.4) is 0 Å². The third-order valence-corrected chi connectivity index (χ3v) is 6.18. The number of carbonyl (C=O) groups excluding carboxylic acids is 2. The highest BCUT2D eigenvalue weighted by Gasteiger charge is 2.55. The lowest BCUT2D eigenvalue weighted by molar-refractivity contribution is -0.123. The molecule has 3 heterocycles. The first-order valence-electron chi connectivity index (χ1n) is 10.2. The maximum absolute atomic E-state index is 13.2. The number of imide groups is 1. The van der Waals surface area contributed by atoms with E-state index in [1.54, 1.807) is 18.2 Å². The third-order valence-electron chi connectivity index (χ3n) is 5.77. The Hall–Kier alpha value is -3.52. The molecular formula is C23H20ClN5O3. The summed E-state index contributed by atoms with van der Waals surface area (Å²) in [7, 11) is 0. The van der Waals surface area contributed by atoms with E-state index in [-0.39, 0.29) is 12.5 Å². The Morgan fingerprint density at radius 3 is 2.50 bits per heavy atom. The number of aryl methyl sites for hydroxylation is 3. The van der Waals surface area contributed by atoms with Crippen molar-refractivity contribution in [3.63, 3.8) is 0 Å². The van der Waals surface area contributed by atoms with Crippen molar-refractivity contribution in [2.75, 3.05) is 4.90 Å². The third kappa shape index (κ3) is 3.27. The molecule has 2 aliphatic heterocycles. The van der Waals surface area contributed by atoms with Crippen LogP contribution in [0, 0.1) is 20.8 Å². The second-order valence-electron chi connectivity index (χ2n) is 8.03. The summed E-state index contributed by atoms with van der Waals surface area (Å²) in [6, 6.07) is 11.3. The summed E-state index contributed by atoms with van der Waals surface area (Å²) in [6.45, 7) is 5.88. The van der Waals surface area contributed by atoms with Crippen molar-refractivity contribution < 1.29 is 14.0 Å². The minimum atomic E-state index is -0.883. The Bertz CT molecular complexity index is 1270. The van der Waals surface area contributed by atoms with Gasteiger partial charge in [-0.05, 0) is 50.6 Å². The van der Waals surface area contributed by atoms with Crippen molar-refractivity contribution in [1.82, 2.24) is 9.99 Å². The van der Waals surface area contributed by atoms with Gasteiger partial charge in [-0.1, -0.05) is 40.6 Å². The average molecular weight is 450 g/mol. The molecule has 1 saturated heterocycles. The molecule has 2 aliphatic rings. The van der Waals surface area contributed by atoms with Crippen molar-refractivity contribution >= 4 is 29.1 Å². The van der Waals surface area contributed by atoms with Crippen LogP contribution in [-0.2, 0) is 16.1 Å². The Morgan fingerprint density at radius 2 is 1.78 bits per heavy atom. The number of benzene rings is 2. The fourth-order valence-corrected chi connectivity index (χ4v) is 4.05. The van der Waals surface area contributed by atoms with Gasteiger partial charge < -0.3 is 4.42 Å². The van der Waals surface area contributed by atoms with Gasteiger partial charge in [0, 0.05) is 10.6 Å². The highest BCUT2D eigenvalue weighted by molar-refractivity contribution is 6.32. The number of fused-ring (bicyclic) bond motifs is 1. The standard InChI is InChI=1S/C23H20ClN5O3/c1-12-4-7-15(8-5-12)21-25-18(14(3)32-21)11-28-20-19(26-27-28)22(30)29(23(20)31)16-9-6-13(2)17(24)10-16/h4-10,19-20H,11H2,1-3H3. The minimum Gasteiger partial charge on any atom is -0.441 e. The summed E-state index contributed by atoms with van der Waals surface area (Å²) < 4.78 is 5.84. The van der Waals surface area contributed by atoms with Crippen molar-refractivity contribution in [2.45, 2.75) is 39.4 Å². The predicted octanol–water partition coefficient (Wildman–Crippen LogP) is 4.41. The average Bonchev–Trinajstić information content (AvgIpc) is 3.41. The molecule has 3 aromatic rings. The van der Waals surface area contributed by atoms with Gasteiger partial charge in [0.05, 0.1) is 12.2 Å². The summed E-state index contributed by atoms with van der Waals surface area (Å²) in [5.74, 6) is 0.321.